The summed E-state index contributed by atoms with van der Waals surface area (Å²) in [5.74, 6) is 1.02. The third-order valence-electron chi connectivity index (χ3n) is 4.37. The van der Waals surface area contributed by atoms with Crippen molar-refractivity contribution < 1.29 is 9.53 Å². The van der Waals surface area contributed by atoms with E-state index >= 15 is 0 Å². The second-order valence-corrected chi connectivity index (χ2v) is 5.78. The van der Waals surface area contributed by atoms with Crippen molar-refractivity contribution >= 4 is 5.78 Å². The fourth-order valence-electron chi connectivity index (χ4n) is 3.18. The van der Waals surface area contributed by atoms with Crippen LogP contribution in [0.5, 0.6) is 5.75 Å². The summed E-state index contributed by atoms with van der Waals surface area (Å²) in [5.41, 5.74) is 0.440. The van der Waals surface area contributed by atoms with Crippen LogP contribution in [0.4, 0.5) is 0 Å². The Morgan fingerprint density at radius 3 is 2.55 bits per heavy atom. The van der Waals surface area contributed by atoms with Gasteiger partial charge in [0.1, 0.15) is 5.75 Å². The molecule has 20 heavy (non-hydrogen) atoms. The van der Waals surface area contributed by atoms with Crippen LogP contribution >= 0.6 is 0 Å². The van der Waals surface area contributed by atoms with Crippen molar-refractivity contribution in [2.45, 2.75) is 44.6 Å². The molecule has 0 unspecified atom stereocenters. The molecule has 1 aromatic rings. The molecular weight excluding hydrogens is 250 g/mol. The third-order valence-corrected chi connectivity index (χ3v) is 4.37. The number of carbonyl (C=O) groups excluding carboxylic acids is 1. The van der Waals surface area contributed by atoms with Gasteiger partial charge in [0.05, 0.1) is 12.1 Å². The molecule has 1 saturated carbocycles. The van der Waals surface area contributed by atoms with Gasteiger partial charge >= 0.3 is 0 Å². The van der Waals surface area contributed by atoms with Crippen LogP contribution in [-0.4, -0.2) is 36.9 Å². The highest BCUT2D eigenvalue weighted by molar-refractivity contribution is 6.03. The van der Waals surface area contributed by atoms with Gasteiger partial charge in [-0.3, -0.25) is 9.69 Å². The maximum absolute atomic E-state index is 13.0. The quantitative estimate of drug-likeness (QED) is 0.770. The van der Waals surface area contributed by atoms with E-state index in [9.17, 15) is 4.79 Å². The Bertz CT molecular complexity index is 462. The Labute approximate surface area is 121 Å². The Morgan fingerprint density at radius 1 is 1.25 bits per heavy atom. The molecule has 0 aliphatic heterocycles. The van der Waals surface area contributed by atoms with Crippen molar-refractivity contribution in [2.24, 2.45) is 0 Å². The van der Waals surface area contributed by atoms with Crippen molar-refractivity contribution in [1.82, 2.24) is 4.90 Å². The van der Waals surface area contributed by atoms with Crippen molar-refractivity contribution in [1.29, 1.82) is 0 Å². The maximum Gasteiger partial charge on any atom is 0.183 e. The zero-order chi connectivity index (χ0) is 14.6. The van der Waals surface area contributed by atoms with Crippen LogP contribution in [-0.2, 0) is 0 Å². The summed E-state index contributed by atoms with van der Waals surface area (Å²) >= 11 is 0. The molecule has 0 radical (unpaired) electrons. The average Bonchev–Trinajstić information content (AvgIpc) is 2.47. The number of ether oxygens (including phenoxy) is 1. The Kier molecular flexibility index (Phi) is 4.81. The van der Waals surface area contributed by atoms with Gasteiger partial charge in [-0.2, -0.15) is 0 Å². The van der Waals surface area contributed by atoms with Gasteiger partial charge in [-0.25, -0.2) is 0 Å². The van der Waals surface area contributed by atoms with Crippen LogP contribution in [0.3, 0.4) is 0 Å². The maximum atomic E-state index is 13.0. The number of benzene rings is 1. The van der Waals surface area contributed by atoms with Crippen LogP contribution in [0.15, 0.2) is 24.3 Å². The molecule has 0 aromatic heterocycles. The minimum absolute atomic E-state index is 0.240. The zero-order valence-electron chi connectivity index (χ0n) is 12.8. The normalized spacial score (nSPS) is 18.0. The Hall–Kier alpha value is -1.35. The Balaban J connectivity index is 2.30. The summed E-state index contributed by atoms with van der Waals surface area (Å²) < 4.78 is 5.51. The highest BCUT2D eigenvalue weighted by Gasteiger charge is 2.41. The molecule has 2 rings (SSSR count). The summed E-state index contributed by atoms with van der Waals surface area (Å²) in [6.45, 7) is 2.58. The first-order valence-corrected chi connectivity index (χ1v) is 7.55. The second-order valence-electron chi connectivity index (χ2n) is 5.78. The van der Waals surface area contributed by atoms with E-state index in [1.54, 1.807) is 0 Å². The third kappa shape index (κ3) is 2.88. The first-order chi connectivity index (χ1) is 9.60. The summed E-state index contributed by atoms with van der Waals surface area (Å²) in [6, 6.07) is 7.60. The van der Waals surface area contributed by atoms with E-state index < -0.39 is 0 Å². The molecule has 3 nitrogen and oxygen atoms in total. The smallest absolute Gasteiger partial charge is 0.183 e. The van der Waals surface area contributed by atoms with E-state index in [2.05, 4.69) is 4.90 Å². The van der Waals surface area contributed by atoms with E-state index in [1.807, 2.05) is 45.3 Å². The lowest BCUT2D eigenvalue weighted by atomic mass is 9.75. The lowest BCUT2D eigenvalue weighted by Gasteiger charge is -2.41. The van der Waals surface area contributed by atoms with Gasteiger partial charge in [-0.05, 0) is 46.0 Å². The molecule has 0 heterocycles. The van der Waals surface area contributed by atoms with Crippen LogP contribution < -0.4 is 4.74 Å². The SMILES string of the molecule is CCOc1cccc(C(=O)C2(N(C)C)CCCCC2)c1. The first-order valence-electron chi connectivity index (χ1n) is 7.55. The summed E-state index contributed by atoms with van der Waals surface area (Å²) in [4.78, 5) is 15.1. The number of likely N-dealkylation sites (N-methyl/N-ethyl adjacent to an activating group) is 1. The molecule has 1 aliphatic rings. The van der Waals surface area contributed by atoms with Crippen molar-refractivity contribution in [2.75, 3.05) is 20.7 Å². The molecule has 1 aromatic carbocycles. The van der Waals surface area contributed by atoms with E-state index in [1.165, 1.54) is 6.42 Å². The van der Waals surface area contributed by atoms with Gasteiger partial charge in [-0.1, -0.05) is 31.4 Å². The molecule has 0 N–H and O–H groups in total. The van der Waals surface area contributed by atoms with Gasteiger partial charge < -0.3 is 4.74 Å². The Morgan fingerprint density at radius 2 is 1.95 bits per heavy atom. The molecule has 0 bridgehead atoms. The van der Waals surface area contributed by atoms with Crippen LogP contribution in [0, 0.1) is 0 Å². The molecule has 110 valence electrons. The number of rotatable bonds is 5. The lowest BCUT2D eigenvalue weighted by molar-refractivity contribution is 0.0563. The molecule has 1 fully saturated rings. The molecule has 1 aliphatic carbocycles. The largest absolute Gasteiger partial charge is 0.494 e. The van der Waals surface area contributed by atoms with Crippen LogP contribution in [0.25, 0.3) is 0 Å². The number of carbonyl (C=O) groups is 1. The standard InChI is InChI=1S/C17H25NO2/c1-4-20-15-10-8-9-14(13-15)16(19)17(18(2)3)11-6-5-7-12-17/h8-10,13H,4-7,11-12H2,1-3H3. The molecule has 3 heteroatoms. The molecule has 0 spiro atoms. The monoisotopic (exact) mass is 275 g/mol. The van der Waals surface area contributed by atoms with Crippen molar-refractivity contribution in [3.63, 3.8) is 0 Å². The predicted molar refractivity (Wildman–Crippen MR) is 81.4 cm³/mol. The highest BCUT2D eigenvalue weighted by Crippen LogP contribution is 2.35. The first kappa shape index (κ1) is 15.0. The van der Waals surface area contributed by atoms with Crippen molar-refractivity contribution in [3.05, 3.63) is 29.8 Å². The van der Waals surface area contributed by atoms with Crippen LogP contribution in [0.2, 0.25) is 0 Å². The van der Waals surface area contributed by atoms with Gasteiger partial charge in [0, 0.05) is 5.56 Å². The fraction of sp³-hybridized carbons (Fsp3) is 0.588. The average molecular weight is 275 g/mol. The lowest BCUT2D eigenvalue weighted by Crippen LogP contribution is -2.52. The summed E-state index contributed by atoms with van der Waals surface area (Å²) in [7, 11) is 4.05. The van der Waals surface area contributed by atoms with Crippen molar-refractivity contribution in [3.8, 4) is 5.75 Å². The number of hydrogen-bond donors (Lipinski definition) is 0. The molecule has 0 saturated heterocycles. The van der Waals surface area contributed by atoms with Gasteiger partial charge in [0.15, 0.2) is 5.78 Å². The summed E-state index contributed by atoms with van der Waals surface area (Å²) in [6.07, 6.45) is 5.42. The van der Waals surface area contributed by atoms with E-state index in [-0.39, 0.29) is 11.3 Å². The highest BCUT2D eigenvalue weighted by atomic mass is 16.5. The van der Waals surface area contributed by atoms with Gasteiger partial charge in [-0.15, -0.1) is 0 Å². The number of nitrogens with zero attached hydrogens (tertiary/aromatic N) is 1. The van der Waals surface area contributed by atoms with Gasteiger partial charge in [0.25, 0.3) is 0 Å². The topological polar surface area (TPSA) is 29.5 Å². The van der Waals surface area contributed by atoms with E-state index in [0.29, 0.717) is 6.61 Å². The summed E-state index contributed by atoms with van der Waals surface area (Å²) in [5, 5.41) is 0. The number of Topliss-reactive ketones (excluding diaryl/α,β-unsaturated/α-hetero) is 1. The number of ketones is 1. The number of hydrogen-bond acceptors (Lipinski definition) is 3. The van der Waals surface area contributed by atoms with Gasteiger partial charge in [0.2, 0.25) is 0 Å². The molecule has 0 atom stereocenters. The second kappa shape index (κ2) is 6.40. The zero-order valence-corrected chi connectivity index (χ0v) is 12.8. The van der Waals surface area contributed by atoms with E-state index in [0.717, 1.165) is 37.0 Å². The fourth-order valence-corrected chi connectivity index (χ4v) is 3.18. The molecule has 0 amide bonds. The van der Waals surface area contributed by atoms with Crippen LogP contribution in [0.1, 0.15) is 49.4 Å². The van der Waals surface area contributed by atoms with E-state index in [4.69, 9.17) is 4.74 Å². The molecular formula is C17H25NO2. The predicted octanol–water partition coefficient (Wildman–Crippen LogP) is 3.53. The minimum Gasteiger partial charge on any atom is -0.494 e. The minimum atomic E-state index is -0.330.